The molecule has 0 unspecified atom stereocenters. The quantitative estimate of drug-likeness (QED) is 0.441. The fourth-order valence-corrected chi connectivity index (χ4v) is 0.915. The van der Waals surface area contributed by atoms with Gasteiger partial charge < -0.3 is 5.73 Å². The Labute approximate surface area is 67.3 Å². The van der Waals surface area contributed by atoms with Gasteiger partial charge in [0.2, 0.25) is 0 Å². The van der Waals surface area contributed by atoms with Crippen molar-refractivity contribution in [1.29, 1.82) is 0 Å². The second kappa shape index (κ2) is 3.71. The van der Waals surface area contributed by atoms with Crippen molar-refractivity contribution in [3.8, 4) is 11.8 Å². The van der Waals surface area contributed by atoms with Gasteiger partial charge in [-0.1, -0.05) is 18.8 Å². The molecule has 0 bridgehead atoms. The van der Waals surface area contributed by atoms with E-state index in [0.29, 0.717) is 0 Å². The molecule has 0 radical (unpaired) electrons. The molecule has 11 heavy (non-hydrogen) atoms. The van der Waals surface area contributed by atoms with Gasteiger partial charge in [-0.2, -0.15) is 0 Å². The number of hydrogen-bond acceptors (Lipinski definition) is 1. The van der Waals surface area contributed by atoms with E-state index in [0.717, 1.165) is 18.5 Å². The van der Waals surface area contributed by atoms with E-state index in [-0.39, 0.29) is 0 Å². The van der Waals surface area contributed by atoms with Crippen molar-refractivity contribution in [3.05, 3.63) is 29.2 Å². The topological polar surface area (TPSA) is 26.0 Å². The molecule has 1 heteroatoms. The lowest BCUT2D eigenvalue weighted by Gasteiger charge is -2.01. The molecule has 1 aliphatic rings. The van der Waals surface area contributed by atoms with Crippen LogP contribution >= 0.6 is 0 Å². The molecule has 0 spiro atoms. The molecule has 2 N–H and O–H groups in total. The number of hydrogen-bond donors (Lipinski definition) is 1. The Hall–Kier alpha value is -1.38. The van der Waals surface area contributed by atoms with Crippen LogP contribution in [0.25, 0.3) is 0 Å². The Bertz CT molecular complexity index is 291. The molecular weight excluding hydrogens is 134 g/mol. The molecule has 0 saturated heterocycles. The van der Waals surface area contributed by atoms with Crippen LogP contribution in [-0.4, -0.2) is 0 Å². The molecule has 0 fully saturated rings. The minimum Gasteiger partial charge on any atom is -0.398 e. The minimum atomic E-state index is 0.789. The lowest BCUT2D eigenvalue weighted by molar-refractivity contribution is 1.01. The number of nitrogens with two attached hydrogens (primary N) is 1. The van der Waals surface area contributed by atoms with Gasteiger partial charge in [0, 0.05) is 24.3 Å². The van der Waals surface area contributed by atoms with Crippen LogP contribution in [0.4, 0.5) is 0 Å². The first-order valence-corrected chi connectivity index (χ1v) is 3.71. The van der Waals surface area contributed by atoms with E-state index >= 15 is 0 Å². The summed E-state index contributed by atoms with van der Waals surface area (Å²) in [6.45, 7) is 2.09. The Morgan fingerprint density at radius 2 is 2.45 bits per heavy atom. The molecule has 0 aromatic rings. The largest absolute Gasteiger partial charge is 0.398 e. The van der Waals surface area contributed by atoms with Crippen molar-refractivity contribution < 1.29 is 0 Å². The molecule has 0 atom stereocenters. The normalized spacial score (nSPS) is 21.9. The average Bonchev–Trinajstić information content (AvgIpc) is 1.98. The van der Waals surface area contributed by atoms with Crippen molar-refractivity contribution in [2.45, 2.75) is 19.8 Å². The third-order valence-electron chi connectivity index (χ3n) is 1.63. The highest BCUT2D eigenvalue weighted by Crippen LogP contribution is 2.09. The fourth-order valence-electron chi connectivity index (χ4n) is 0.915. The maximum Gasteiger partial charge on any atom is 0.0394 e. The van der Waals surface area contributed by atoms with Crippen LogP contribution in [0.3, 0.4) is 0 Å². The van der Waals surface area contributed by atoms with E-state index < -0.39 is 0 Å². The lowest BCUT2D eigenvalue weighted by atomic mass is 10.1. The van der Waals surface area contributed by atoms with Crippen molar-refractivity contribution in [3.63, 3.8) is 0 Å². The van der Waals surface area contributed by atoms with Crippen LogP contribution in [0.2, 0.25) is 0 Å². The predicted molar refractivity (Wildman–Crippen MR) is 46.6 cm³/mol. The highest BCUT2D eigenvalue weighted by atomic mass is 14.6. The molecule has 1 rings (SSSR count). The van der Waals surface area contributed by atoms with Gasteiger partial charge in [-0.15, -0.1) is 5.73 Å². The van der Waals surface area contributed by atoms with Gasteiger partial charge in [-0.25, -0.2) is 0 Å². The molecule has 0 heterocycles. The summed E-state index contributed by atoms with van der Waals surface area (Å²) in [4.78, 5) is 0. The zero-order valence-corrected chi connectivity index (χ0v) is 6.65. The number of allylic oxidation sites excluding steroid dienone is 2. The first-order valence-electron chi connectivity index (χ1n) is 3.71. The Morgan fingerprint density at radius 3 is 3.18 bits per heavy atom. The average molecular weight is 145 g/mol. The molecular formula is C10H11N. The highest BCUT2D eigenvalue weighted by Gasteiger charge is 1.96. The third-order valence-corrected chi connectivity index (χ3v) is 1.63. The summed E-state index contributed by atoms with van der Waals surface area (Å²) in [6, 6.07) is 0. The summed E-state index contributed by atoms with van der Waals surface area (Å²) < 4.78 is 0. The van der Waals surface area contributed by atoms with Crippen molar-refractivity contribution in [1.82, 2.24) is 0 Å². The Kier molecular flexibility index (Phi) is 2.60. The van der Waals surface area contributed by atoms with Crippen molar-refractivity contribution >= 4 is 0 Å². The van der Waals surface area contributed by atoms with Crippen molar-refractivity contribution in [2.75, 3.05) is 0 Å². The first-order chi connectivity index (χ1) is 5.34. The van der Waals surface area contributed by atoms with Gasteiger partial charge in [-0.05, 0) is 12.0 Å². The smallest absolute Gasteiger partial charge is 0.0394 e. The Balaban J connectivity index is 2.99. The molecule has 0 aliphatic heterocycles. The van der Waals surface area contributed by atoms with E-state index in [4.69, 9.17) is 5.73 Å². The summed E-state index contributed by atoms with van der Waals surface area (Å²) in [7, 11) is 0. The Morgan fingerprint density at radius 1 is 1.64 bits per heavy atom. The van der Waals surface area contributed by atoms with Crippen LogP contribution in [0, 0.1) is 11.8 Å². The van der Waals surface area contributed by atoms with Crippen LogP contribution in [0.15, 0.2) is 29.2 Å². The summed E-state index contributed by atoms with van der Waals surface area (Å²) in [5.74, 6) is 5.86. The standard InChI is InChI=1S/C10H11N/c1-2-9-7-5-3-4-6-8-10(9)11/h4,8H,2,7,11H2,1H3/b10-9+. The van der Waals surface area contributed by atoms with E-state index in [9.17, 15) is 0 Å². The molecule has 1 nitrogen and oxygen atoms in total. The van der Waals surface area contributed by atoms with E-state index in [2.05, 4.69) is 24.5 Å². The summed E-state index contributed by atoms with van der Waals surface area (Å²) in [6.07, 6.45) is 5.24. The van der Waals surface area contributed by atoms with E-state index in [1.54, 1.807) is 12.2 Å². The maximum absolute atomic E-state index is 5.73. The second-order valence-corrected chi connectivity index (χ2v) is 2.37. The van der Waals surface area contributed by atoms with Crippen LogP contribution in [0.5, 0.6) is 0 Å². The van der Waals surface area contributed by atoms with Crippen molar-refractivity contribution in [2.24, 2.45) is 5.73 Å². The zero-order valence-electron chi connectivity index (χ0n) is 6.65. The lowest BCUT2D eigenvalue weighted by Crippen LogP contribution is -1.98. The van der Waals surface area contributed by atoms with E-state index in [1.165, 1.54) is 5.57 Å². The van der Waals surface area contributed by atoms with Gasteiger partial charge in [0.1, 0.15) is 0 Å². The molecule has 0 aromatic heterocycles. The van der Waals surface area contributed by atoms with Gasteiger partial charge in [0.05, 0.1) is 0 Å². The van der Waals surface area contributed by atoms with Crippen LogP contribution in [0.1, 0.15) is 19.8 Å². The summed E-state index contributed by atoms with van der Waals surface area (Å²) in [5, 5.41) is 0. The van der Waals surface area contributed by atoms with E-state index in [1.807, 2.05) is 0 Å². The third kappa shape index (κ3) is 2.04. The molecule has 0 amide bonds. The fraction of sp³-hybridized carbons (Fsp3) is 0.300. The van der Waals surface area contributed by atoms with Gasteiger partial charge in [0.25, 0.3) is 0 Å². The number of rotatable bonds is 1. The molecule has 0 saturated carbocycles. The predicted octanol–water partition coefficient (Wildman–Crippen LogP) is 1.73. The summed E-state index contributed by atoms with van der Waals surface area (Å²) in [5.41, 5.74) is 10.7. The van der Waals surface area contributed by atoms with Gasteiger partial charge >= 0.3 is 0 Å². The van der Waals surface area contributed by atoms with Crippen LogP contribution in [-0.2, 0) is 0 Å². The van der Waals surface area contributed by atoms with Gasteiger partial charge in [0.15, 0.2) is 0 Å². The minimum absolute atomic E-state index is 0.789. The maximum atomic E-state index is 5.73. The van der Waals surface area contributed by atoms with Crippen LogP contribution < -0.4 is 5.73 Å². The second-order valence-electron chi connectivity index (χ2n) is 2.37. The zero-order chi connectivity index (χ0) is 8.10. The molecule has 1 aliphatic carbocycles. The summed E-state index contributed by atoms with van der Waals surface area (Å²) >= 11 is 0. The molecule has 0 aromatic carbocycles. The highest BCUT2D eigenvalue weighted by molar-refractivity contribution is 5.31. The molecule has 56 valence electrons. The monoisotopic (exact) mass is 145 g/mol. The SMILES string of the molecule is CC/C1=C(\N)C=C=CC#CC1. The van der Waals surface area contributed by atoms with Gasteiger partial charge in [-0.3, -0.25) is 0 Å². The first kappa shape index (κ1) is 7.72.